The van der Waals surface area contributed by atoms with Gasteiger partial charge >= 0.3 is 5.97 Å². The van der Waals surface area contributed by atoms with Gasteiger partial charge in [0.05, 0.1) is 37.1 Å². The fourth-order valence-corrected chi connectivity index (χ4v) is 5.00. The summed E-state index contributed by atoms with van der Waals surface area (Å²) in [5, 5.41) is 0.534. The van der Waals surface area contributed by atoms with Crippen LogP contribution in [0.2, 0.25) is 15.1 Å². The van der Waals surface area contributed by atoms with Crippen molar-refractivity contribution in [3.05, 3.63) is 109 Å². The van der Waals surface area contributed by atoms with E-state index in [1.807, 2.05) is 53.4 Å². The molecule has 0 aliphatic rings. The van der Waals surface area contributed by atoms with Gasteiger partial charge in [-0.05, 0) is 47.5 Å². The number of anilines is 1. The second-order valence-corrected chi connectivity index (χ2v) is 9.63. The van der Waals surface area contributed by atoms with Crippen molar-refractivity contribution in [2.45, 2.75) is 13.1 Å². The van der Waals surface area contributed by atoms with Crippen molar-refractivity contribution in [3.8, 4) is 17.2 Å². The molecule has 1 aromatic heterocycles. The number of halogens is 3. The number of aromatic nitrogens is 2. The molecule has 0 saturated carbocycles. The molecule has 0 spiro atoms. The molecule has 11 heteroatoms. The number of esters is 1. The molecule has 0 bridgehead atoms. The third-order valence-corrected chi connectivity index (χ3v) is 6.72. The van der Waals surface area contributed by atoms with Crippen molar-refractivity contribution in [1.29, 1.82) is 0 Å². The topological polar surface area (TPSA) is 82.9 Å². The Bertz CT molecular complexity index is 1470. The van der Waals surface area contributed by atoms with Crippen molar-refractivity contribution in [2.24, 2.45) is 0 Å². The fraction of sp³-hybridized carbons (Fsp3) is 0.179. The number of carbonyl (C=O) groups excluding carboxylic acids is 1. The van der Waals surface area contributed by atoms with Crippen LogP contribution in [0.3, 0.4) is 0 Å². The van der Waals surface area contributed by atoms with E-state index in [4.69, 9.17) is 49.0 Å². The Morgan fingerprint density at radius 2 is 1.33 bits per heavy atom. The predicted octanol–water partition coefficient (Wildman–Crippen LogP) is 6.20. The molecule has 3 aromatic carbocycles. The minimum Gasteiger partial charge on any atom is -0.497 e. The second-order valence-electron chi connectivity index (χ2n) is 8.38. The molecule has 0 unspecified atom stereocenters. The van der Waals surface area contributed by atoms with Gasteiger partial charge in [0.1, 0.15) is 17.8 Å². The second kappa shape index (κ2) is 12.4. The summed E-state index contributed by atoms with van der Waals surface area (Å²) >= 11 is 18.8. The highest BCUT2D eigenvalue weighted by Crippen LogP contribution is 2.32. The molecule has 0 radical (unpaired) electrons. The Balaban J connectivity index is 1.86. The van der Waals surface area contributed by atoms with Gasteiger partial charge in [-0.3, -0.25) is 9.36 Å². The standard InChI is InChI=1S/C28H24Cl3N3O5/c1-37-20-8-4-17(5-9-20)14-33(15-18-6-10-21(38-2)11-7-18)26-24(28(36)39-3)27(35)34(16-32-26)25-22(30)12-19(29)13-23(25)31/h4-13,16H,14-15H2,1-3H3. The largest absolute Gasteiger partial charge is 0.497 e. The Morgan fingerprint density at radius 3 is 1.77 bits per heavy atom. The SMILES string of the molecule is COC(=O)c1c(N(Cc2ccc(OC)cc2)Cc2ccc(OC)cc2)ncn(-c2c(Cl)cc(Cl)cc2Cl)c1=O. The first-order chi connectivity index (χ1) is 18.7. The van der Waals surface area contributed by atoms with Gasteiger partial charge in [-0.2, -0.15) is 0 Å². The molecule has 0 aliphatic carbocycles. The molecule has 0 aliphatic heterocycles. The minimum atomic E-state index is -0.854. The quantitative estimate of drug-likeness (QED) is 0.215. The van der Waals surface area contributed by atoms with E-state index in [9.17, 15) is 9.59 Å². The van der Waals surface area contributed by atoms with Crippen LogP contribution in [0.25, 0.3) is 5.69 Å². The highest BCUT2D eigenvalue weighted by Gasteiger charge is 2.26. The molecule has 202 valence electrons. The van der Waals surface area contributed by atoms with Crippen LogP contribution in [0.15, 0.2) is 71.8 Å². The maximum Gasteiger partial charge on any atom is 0.347 e. The zero-order chi connectivity index (χ0) is 28.1. The maximum atomic E-state index is 13.8. The highest BCUT2D eigenvalue weighted by atomic mass is 35.5. The average molecular weight is 589 g/mol. The Morgan fingerprint density at radius 1 is 0.846 bits per heavy atom. The number of nitrogens with zero attached hydrogens (tertiary/aromatic N) is 3. The lowest BCUT2D eigenvalue weighted by Crippen LogP contribution is -2.33. The summed E-state index contributed by atoms with van der Waals surface area (Å²) in [7, 11) is 4.37. The van der Waals surface area contributed by atoms with Gasteiger partial charge in [-0.1, -0.05) is 59.1 Å². The number of hydrogen-bond acceptors (Lipinski definition) is 7. The zero-order valence-electron chi connectivity index (χ0n) is 21.3. The smallest absolute Gasteiger partial charge is 0.347 e. The average Bonchev–Trinajstić information content (AvgIpc) is 2.93. The molecule has 0 fully saturated rings. The van der Waals surface area contributed by atoms with Crippen LogP contribution in [0, 0.1) is 0 Å². The number of carbonyl (C=O) groups is 1. The molecular weight excluding hydrogens is 565 g/mol. The third kappa shape index (κ3) is 6.30. The van der Waals surface area contributed by atoms with Crippen molar-refractivity contribution in [1.82, 2.24) is 9.55 Å². The van der Waals surface area contributed by atoms with Gasteiger partial charge in [0.15, 0.2) is 11.4 Å². The van der Waals surface area contributed by atoms with Gasteiger partial charge in [-0.15, -0.1) is 0 Å². The van der Waals surface area contributed by atoms with Crippen molar-refractivity contribution >= 4 is 46.6 Å². The highest BCUT2D eigenvalue weighted by molar-refractivity contribution is 6.40. The van der Waals surface area contributed by atoms with E-state index in [-0.39, 0.29) is 27.1 Å². The molecule has 0 atom stereocenters. The molecule has 4 rings (SSSR count). The normalized spacial score (nSPS) is 10.7. The fourth-order valence-electron chi connectivity index (χ4n) is 4.00. The van der Waals surface area contributed by atoms with Crippen molar-refractivity contribution < 1.29 is 19.0 Å². The first-order valence-corrected chi connectivity index (χ1v) is 12.7. The molecular formula is C28H24Cl3N3O5. The lowest BCUT2D eigenvalue weighted by atomic mass is 10.1. The van der Waals surface area contributed by atoms with E-state index in [0.29, 0.717) is 29.6 Å². The molecule has 0 N–H and O–H groups in total. The van der Waals surface area contributed by atoms with Gasteiger partial charge in [0.2, 0.25) is 0 Å². The summed E-state index contributed by atoms with van der Waals surface area (Å²) in [6.07, 6.45) is 1.28. The summed E-state index contributed by atoms with van der Waals surface area (Å²) < 4.78 is 16.6. The van der Waals surface area contributed by atoms with Crippen molar-refractivity contribution in [2.75, 3.05) is 26.2 Å². The Labute approximate surface area is 240 Å². The summed E-state index contributed by atoms with van der Waals surface area (Å²) in [6, 6.07) is 17.8. The number of ether oxygens (including phenoxy) is 3. The molecule has 1 heterocycles. The number of benzene rings is 3. The van der Waals surface area contributed by atoms with Gasteiger partial charge in [0, 0.05) is 18.1 Å². The molecule has 0 saturated heterocycles. The van der Waals surface area contributed by atoms with Crippen LogP contribution in [0.5, 0.6) is 11.5 Å². The van der Waals surface area contributed by atoms with E-state index in [0.717, 1.165) is 15.7 Å². The van der Waals surface area contributed by atoms with E-state index in [1.54, 1.807) is 14.2 Å². The van der Waals surface area contributed by atoms with Crippen LogP contribution < -0.4 is 19.9 Å². The van der Waals surface area contributed by atoms with E-state index in [2.05, 4.69) is 4.98 Å². The first kappa shape index (κ1) is 28.3. The van der Waals surface area contributed by atoms with Crippen LogP contribution in [-0.2, 0) is 17.8 Å². The minimum absolute atomic E-state index is 0.119. The summed E-state index contributed by atoms with van der Waals surface area (Å²) in [4.78, 5) is 33.1. The Kier molecular flexibility index (Phi) is 9.01. The van der Waals surface area contributed by atoms with E-state index < -0.39 is 11.5 Å². The lowest BCUT2D eigenvalue weighted by Gasteiger charge is -2.26. The molecule has 4 aromatic rings. The monoisotopic (exact) mass is 587 g/mol. The third-order valence-electron chi connectivity index (χ3n) is 5.93. The molecule has 0 amide bonds. The van der Waals surface area contributed by atoms with Gasteiger partial charge in [0.25, 0.3) is 5.56 Å². The first-order valence-electron chi connectivity index (χ1n) is 11.6. The van der Waals surface area contributed by atoms with Crippen LogP contribution in [0.1, 0.15) is 21.5 Å². The predicted molar refractivity (Wildman–Crippen MR) is 152 cm³/mol. The van der Waals surface area contributed by atoms with Crippen LogP contribution in [0.4, 0.5) is 5.82 Å². The Hall–Kier alpha value is -3.72. The summed E-state index contributed by atoms with van der Waals surface area (Å²) in [5.74, 6) is 0.685. The van der Waals surface area contributed by atoms with Gasteiger partial charge in [-0.25, -0.2) is 9.78 Å². The summed E-state index contributed by atoms with van der Waals surface area (Å²) in [5.41, 5.74) is 0.968. The van der Waals surface area contributed by atoms with Gasteiger partial charge < -0.3 is 19.1 Å². The molecule has 8 nitrogen and oxygen atoms in total. The van der Waals surface area contributed by atoms with E-state index >= 15 is 0 Å². The van der Waals surface area contributed by atoms with E-state index in [1.165, 1.54) is 25.6 Å². The lowest BCUT2D eigenvalue weighted by molar-refractivity contribution is 0.0598. The number of methoxy groups -OCH3 is 3. The maximum absolute atomic E-state index is 13.8. The molecule has 39 heavy (non-hydrogen) atoms. The number of hydrogen-bond donors (Lipinski definition) is 0. The van der Waals surface area contributed by atoms with Crippen molar-refractivity contribution in [3.63, 3.8) is 0 Å². The summed E-state index contributed by atoms with van der Waals surface area (Å²) in [6.45, 7) is 0.637. The van der Waals surface area contributed by atoms with Crippen LogP contribution >= 0.6 is 34.8 Å². The zero-order valence-corrected chi connectivity index (χ0v) is 23.5. The van der Waals surface area contributed by atoms with Crippen LogP contribution in [-0.4, -0.2) is 36.8 Å². The number of rotatable bonds is 9.